The number of ether oxygens (including phenoxy) is 3. The molecule has 0 radical (unpaired) electrons. The van der Waals surface area contributed by atoms with Gasteiger partial charge in [0, 0.05) is 40.7 Å². The predicted molar refractivity (Wildman–Crippen MR) is 168 cm³/mol. The highest BCUT2D eigenvalue weighted by Gasteiger charge is 2.32. The largest absolute Gasteiger partial charge is 0.497 e. The summed E-state index contributed by atoms with van der Waals surface area (Å²) in [6, 6.07) is 11.8. The van der Waals surface area contributed by atoms with E-state index in [2.05, 4.69) is 4.98 Å². The van der Waals surface area contributed by atoms with Crippen molar-refractivity contribution < 1.29 is 36.9 Å². The van der Waals surface area contributed by atoms with Crippen LogP contribution < -0.4 is 18.5 Å². The van der Waals surface area contributed by atoms with Gasteiger partial charge in [0.25, 0.3) is 10.0 Å². The number of carboxylic acids is 1. The van der Waals surface area contributed by atoms with E-state index in [1.807, 2.05) is 0 Å². The fourth-order valence-electron chi connectivity index (χ4n) is 4.37. The molecule has 0 amide bonds. The fraction of sp³-hybridized carbons (Fsp3) is 0.267. The van der Waals surface area contributed by atoms with Crippen LogP contribution in [0, 0.1) is 5.82 Å². The number of aryl methyl sites for hydroxylation is 1. The van der Waals surface area contributed by atoms with Crippen molar-refractivity contribution in [2.24, 2.45) is 0 Å². The molecule has 0 saturated heterocycles. The molecule has 4 rings (SSSR count). The molecule has 0 unspecified atom stereocenters. The zero-order valence-electron chi connectivity index (χ0n) is 23.8. The van der Waals surface area contributed by atoms with Crippen LogP contribution in [0.5, 0.6) is 23.0 Å². The fourth-order valence-corrected chi connectivity index (χ4v) is 7.17. The lowest BCUT2D eigenvalue weighted by molar-refractivity contribution is -0.137. The van der Waals surface area contributed by atoms with Gasteiger partial charge in [-0.15, -0.1) is 11.3 Å². The van der Waals surface area contributed by atoms with Gasteiger partial charge in [-0.2, -0.15) is 0 Å². The van der Waals surface area contributed by atoms with Crippen molar-refractivity contribution in [2.75, 3.05) is 18.5 Å². The highest BCUT2D eigenvalue weighted by Crippen LogP contribution is 2.38. The third kappa shape index (κ3) is 8.12. The molecular weight excluding hydrogens is 654 g/mol. The van der Waals surface area contributed by atoms with Crippen LogP contribution in [-0.4, -0.2) is 38.7 Å². The summed E-state index contributed by atoms with van der Waals surface area (Å²) in [6.07, 6.45) is 3.94. The van der Waals surface area contributed by atoms with Gasteiger partial charge in [-0.3, -0.25) is 4.79 Å². The predicted octanol–water partition coefficient (Wildman–Crippen LogP) is 7.98. The summed E-state index contributed by atoms with van der Waals surface area (Å²) in [5, 5.41) is 10.9. The van der Waals surface area contributed by atoms with E-state index in [1.165, 1.54) is 20.4 Å². The van der Waals surface area contributed by atoms with Crippen LogP contribution in [0.25, 0.3) is 0 Å². The smallest absolute Gasteiger partial charge is 0.303 e. The highest BCUT2D eigenvalue weighted by atomic mass is 35.5. The monoisotopic (exact) mass is 682 g/mol. The van der Waals surface area contributed by atoms with Gasteiger partial charge in [-0.05, 0) is 61.2 Å². The Bertz CT molecular complexity index is 1720. The molecule has 0 spiro atoms. The number of carboxylic acid groups (broad SMARTS) is 1. The van der Waals surface area contributed by atoms with Crippen LogP contribution in [0.15, 0.2) is 65.0 Å². The summed E-state index contributed by atoms with van der Waals surface area (Å²) < 4.78 is 61.2. The molecule has 0 atom stereocenters. The maximum absolute atomic E-state index is 15.7. The van der Waals surface area contributed by atoms with E-state index in [4.69, 9.17) is 42.5 Å². The van der Waals surface area contributed by atoms with Gasteiger partial charge >= 0.3 is 5.97 Å². The van der Waals surface area contributed by atoms with Gasteiger partial charge in [0.1, 0.15) is 33.7 Å². The van der Waals surface area contributed by atoms with E-state index in [0.717, 1.165) is 27.8 Å². The number of halogens is 3. The Morgan fingerprint density at radius 2 is 1.77 bits per heavy atom. The van der Waals surface area contributed by atoms with Crippen molar-refractivity contribution in [1.82, 2.24) is 4.98 Å². The number of aliphatic carboxylic acids is 1. The van der Waals surface area contributed by atoms with Crippen LogP contribution in [-0.2, 0) is 27.8 Å². The molecule has 0 aliphatic rings. The first-order valence-corrected chi connectivity index (χ1v) is 16.4. The molecule has 3 aromatic carbocycles. The molecule has 0 aliphatic carbocycles. The van der Waals surface area contributed by atoms with Crippen LogP contribution in [0.1, 0.15) is 36.8 Å². The van der Waals surface area contributed by atoms with E-state index in [0.29, 0.717) is 59.1 Å². The maximum Gasteiger partial charge on any atom is 0.303 e. The Hall–Kier alpha value is -3.58. The summed E-state index contributed by atoms with van der Waals surface area (Å²) in [5.74, 6) is -0.754. The topological polar surface area (TPSA) is 115 Å². The number of nitrogens with zero attached hydrogens (tertiary/aromatic N) is 2. The van der Waals surface area contributed by atoms with Crippen LogP contribution in [0.3, 0.4) is 0 Å². The number of methoxy groups -OCH3 is 2. The number of carbonyl (C=O) groups is 1. The Balaban J connectivity index is 1.63. The van der Waals surface area contributed by atoms with Crippen LogP contribution in [0.2, 0.25) is 10.0 Å². The summed E-state index contributed by atoms with van der Waals surface area (Å²) in [5.41, 5.74) is 1.21. The molecule has 44 heavy (non-hydrogen) atoms. The Labute approximate surface area is 268 Å². The van der Waals surface area contributed by atoms with E-state index < -0.39 is 26.7 Å². The summed E-state index contributed by atoms with van der Waals surface area (Å²) in [7, 11) is -1.57. The lowest BCUT2D eigenvalue weighted by atomic mass is 10.1. The Kier molecular flexibility index (Phi) is 11.3. The van der Waals surface area contributed by atoms with Crippen LogP contribution >= 0.6 is 34.5 Å². The molecular formula is C30H29Cl2FN2O7S2. The number of sulfonamides is 1. The summed E-state index contributed by atoms with van der Waals surface area (Å²) in [4.78, 5) is 14.3. The van der Waals surface area contributed by atoms with E-state index in [1.54, 1.807) is 41.8 Å². The Morgan fingerprint density at radius 3 is 2.45 bits per heavy atom. The molecule has 0 bridgehead atoms. The minimum absolute atomic E-state index is 0.0800. The van der Waals surface area contributed by atoms with Gasteiger partial charge in [-0.1, -0.05) is 29.6 Å². The lowest BCUT2D eigenvalue weighted by Crippen LogP contribution is -2.31. The standard InChI is InChI=1S/C30H29Cl2FN2O7S2/c1-40-22-10-8-20(26(15-22)41-2)18-35(30-34-12-13-43-30)44(38,39)28-16-23(32)27(17-24(28)33)42-25-11-9-21(31)14-19(25)6-4-3-5-7-29(36)37/h8-17H,3-7,18H2,1-2H3,(H,36,37). The number of benzene rings is 3. The van der Waals surface area contributed by atoms with Crippen molar-refractivity contribution in [2.45, 2.75) is 43.5 Å². The van der Waals surface area contributed by atoms with Gasteiger partial charge in [0.05, 0.1) is 25.8 Å². The molecule has 14 heteroatoms. The number of aromatic nitrogens is 1. The van der Waals surface area contributed by atoms with Gasteiger partial charge in [0.15, 0.2) is 5.13 Å². The minimum atomic E-state index is -4.52. The molecule has 1 heterocycles. The zero-order valence-corrected chi connectivity index (χ0v) is 26.9. The van der Waals surface area contributed by atoms with Gasteiger partial charge < -0.3 is 19.3 Å². The second kappa shape index (κ2) is 14.9. The van der Waals surface area contributed by atoms with Crippen molar-refractivity contribution in [3.63, 3.8) is 0 Å². The third-order valence-electron chi connectivity index (χ3n) is 6.57. The molecule has 0 aliphatic heterocycles. The molecule has 234 valence electrons. The maximum atomic E-state index is 15.7. The lowest BCUT2D eigenvalue weighted by Gasteiger charge is -2.23. The summed E-state index contributed by atoms with van der Waals surface area (Å²) >= 11 is 13.7. The first-order chi connectivity index (χ1) is 21.0. The van der Waals surface area contributed by atoms with Gasteiger partial charge in [0.2, 0.25) is 0 Å². The first-order valence-electron chi connectivity index (χ1n) is 13.3. The van der Waals surface area contributed by atoms with E-state index >= 15 is 4.39 Å². The molecule has 1 aromatic heterocycles. The average Bonchev–Trinajstić information content (AvgIpc) is 3.52. The number of hydrogen-bond acceptors (Lipinski definition) is 8. The SMILES string of the molecule is COc1ccc(CN(c2nccs2)S(=O)(=O)c2cc(Cl)c(Oc3ccc(Cl)cc3CCCCCC(=O)O)cc2F)c(OC)c1. The molecule has 1 N–H and O–H groups in total. The number of hydrogen-bond donors (Lipinski definition) is 1. The second-order valence-corrected chi connectivity index (χ2v) is 13.1. The highest BCUT2D eigenvalue weighted by molar-refractivity contribution is 7.93. The van der Waals surface area contributed by atoms with Crippen molar-refractivity contribution >= 4 is 55.7 Å². The molecule has 4 aromatic rings. The number of thiazole rings is 1. The van der Waals surface area contributed by atoms with E-state index in [-0.39, 0.29) is 28.9 Å². The Morgan fingerprint density at radius 1 is 0.977 bits per heavy atom. The number of rotatable bonds is 15. The first kappa shape index (κ1) is 33.3. The quantitative estimate of drug-likeness (QED) is 0.126. The molecule has 9 nitrogen and oxygen atoms in total. The number of unbranched alkanes of at least 4 members (excludes halogenated alkanes) is 2. The third-order valence-corrected chi connectivity index (χ3v) is 9.77. The van der Waals surface area contributed by atoms with Crippen molar-refractivity contribution in [3.05, 3.63) is 87.1 Å². The minimum Gasteiger partial charge on any atom is -0.497 e. The van der Waals surface area contributed by atoms with Crippen molar-refractivity contribution in [3.8, 4) is 23.0 Å². The molecule has 0 fully saturated rings. The molecule has 0 saturated carbocycles. The number of anilines is 1. The second-order valence-electron chi connectivity index (χ2n) is 9.53. The normalized spacial score (nSPS) is 11.3. The van der Waals surface area contributed by atoms with Gasteiger partial charge in [-0.25, -0.2) is 22.1 Å². The zero-order chi connectivity index (χ0) is 31.9. The summed E-state index contributed by atoms with van der Waals surface area (Å²) in [6.45, 7) is -0.209. The van der Waals surface area contributed by atoms with Crippen LogP contribution in [0.4, 0.5) is 9.52 Å². The average molecular weight is 684 g/mol. The van der Waals surface area contributed by atoms with Crippen molar-refractivity contribution in [1.29, 1.82) is 0 Å². The van der Waals surface area contributed by atoms with E-state index in [9.17, 15) is 13.2 Å².